The van der Waals surface area contributed by atoms with Crippen LogP contribution in [0.4, 0.5) is 5.82 Å². The quantitative estimate of drug-likeness (QED) is 0.867. The number of hydrogen-bond acceptors (Lipinski definition) is 3. The van der Waals surface area contributed by atoms with Crippen molar-refractivity contribution in [2.75, 3.05) is 5.32 Å². The summed E-state index contributed by atoms with van der Waals surface area (Å²) < 4.78 is 0. The summed E-state index contributed by atoms with van der Waals surface area (Å²) in [6.07, 6.45) is 6.98. The molecule has 20 heavy (non-hydrogen) atoms. The van der Waals surface area contributed by atoms with Crippen molar-refractivity contribution in [2.45, 2.75) is 52.5 Å². The molecular formula is C16H25N3O. The van der Waals surface area contributed by atoms with Crippen molar-refractivity contribution >= 4 is 11.7 Å². The molecule has 4 heteroatoms. The number of carbonyl (C=O) groups is 1. The van der Waals surface area contributed by atoms with E-state index in [9.17, 15) is 4.79 Å². The van der Waals surface area contributed by atoms with Crippen LogP contribution in [0.15, 0.2) is 18.3 Å². The second kappa shape index (κ2) is 6.35. The van der Waals surface area contributed by atoms with Gasteiger partial charge in [0.15, 0.2) is 0 Å². The van der Waals surface area contributed by atoms with Crippen LogP contribution in [0.25, 0.3) is 0 Å². The number of pyridine rings is 1. The second-order valence-corrected chi connectivity index (χ2v) is 6.30. The van der Waals surface area contributed by atoms with Crippen molar-refractivity contribution in [1.82, 2.24) is 4.98 Å². The largest absolute Gasteiger partial charge is 0.326 e. The van der Waals surface area contributed by atoms with Crippen molar-refractivity contribution in [3.8, 4) is 0 Å². The SMILES string of the molecule is CC(C)CC1(C(=O)Nc2ccc(CN)cn2)CCCC1. The number of nitrogens with one attached hydrogen (secondary N) is 1. The Kier molecular flexibility index (Phi) is 4.76. The zero-order valence-electron chi connectivity index (χ0n) is 12.5. The van der Waals surface area contributed by atoms with Gasteiger partial charge in [-0.05, 0) is 36.8 Å². The zero-order chi connectivity index (χ0) is 14.6. The average molecular weight is 275 g/mol. The molecule has 1 amide bonds. The van der Waals surface area contributed by atoms with Crippen LogP contribution in [0.5, 0.6) is 0 Å². The van der Waals surface area contributed by atoms with Gasteiger partial charge in [0.25, 0.3) is 0 Å². The highest BCUT2D eigenvalue weighted by Gasteiger charge is 2.41. The van der Waals surface area contributed by atoms with Crippen molar-refractivity contribution in [2.24, 2.45) is 17.1 Å². The average Bonchev–Trinajstić information content (AvgIpc) is 2.88. The lowest BCUT2D eigenvalue weighted by Crippen LogP contribution is -2.35. The van der Waals surface area contributed by atoms with Crippen molar-refractivity contribution in [3.63, 3.8) is 0 Å². The van der Waals surface area contributed by atoms with E-state index in [0.29, 0.717) is 18.3 Å². The highest BCUT2D eigenvalue weighted by molar-refractivity contribution is 5.94. The third kappa shape index (κ3) is 3.37. The molecule has 1 fully saturated rings. The van der Waals surface area contributed by atoms with Gasteiger partial charge >= 0.3 is 0 Å². The minimum absolute atomic E-state index is 0.136. The molecule has 1 aromatic rings. The number of aromatic nitrogens is 1. The van der Waals surface area contributed by atoms with Gasteiger partial charge in [-0.15, -0.1) is 0 Å². The lowest BCUT2D eigenvalue weighted by molar-refractivity contribution is -0.126. The fourth-order valence-corrected chi connectivity index (χ4v) is 3.23. The van der Waals surface area contributed by atoms with Crippen molar-refractivity contribution in [1.29, 1.82) is 0 Å². The standard InChI is InChI=1S/C16H25N3O/c1-12(2)9-16(7-3-4-8-16)15(20)19-14-6-5-13(10-17)11-18-14/h5-6,11-12H,3-4,7-10,17H2,1-2H3,(H,18,19,20). The van der Waals surface area contributed by atoms with Gasteiger partial charge in [0.1, 0.15) is 5.82 Å². The molecule has 0 aromatic carbocycles. The van der Waals surface area contributed by atoms with Gasteiger partial charge in [-0.3, -0.25) is 4.79 Å². The topological polar surface area (TPSA) is 68.0 Å². The fourth-order valence-electron chi connectivity index (χ4n) is 3.23. The van der Waals surface area contributed by atoms with E-state index < -0.39 is 0 Å². The highest BCUT2D eigenvalue weighted by Crippen LogP contribution is 2.43. The van der Waals surface area contributed by atoms with E-state index in [1.165, 1.54) is 0 Å². The van der Waals surface area contributed by atoms with E-state index >= 15 is 0 Å². The Bertz CT molecular complexity index is 447. The van der Waals surface area contributed by atoms with E-state index in [1.807, 2.05) is 12.1 Å². The van der Waals surface area contributed by atoms with Crippen LogP contribution in [-0.2, 0) is 11.3 Å². The Morgan fingerprint density at radius 1 is 1.40 bits per heavy atom. The summed E-state index contributed by atoms with van der Waals surface area (Å²) in [5.74, 6) is 1.30. The Labute approximate surface area is 121 Å². The fraction of sp³-hybridized carbons (Fsp3) is 0.625. The highest BCUT2D eigenvalue weighted by atomic mass is 16.2. The van der Waals surface area contributed by atoms with Crippen LogP contribution < -0.4 is 11.1 Å². The van der Waals surface area contributed by atoms with Crippen molar-refractivity contribution in [3.05, 3.63) is 23.9 Å². The monoisotopic (exact) mass is 275 g/mol. The Morgan fingerprint density at radius 3 is 2.60 bits per heavy atom. The van der Waals surface area contributed by atoms with E-state index in [-0.39, 0.29) is 11.3 Å². The van der Waals surface area contributed by atoms with Gasteiger partial charge in [0.2, 0.25) is 5.91 Å². The molecule has 0 spiro atoms. The molecule has 1 saturated carbocycles. The summed E-state index contributed by atoms with van der Waals surface area (Å²) in [6, 6.07) is 3.74. The first-order chi connectivity index (χ1) is 9.55. The van der Waals surface area contributed by atoms with Gasteiger partial charge in [0.05, 0.1) is 0 Å². The molecule has 110 valence electrons. The van der Waals surface area contributed by atoms with Crippen LogP contribution >= 0.6 is 0 Å². The summed E-state index contributed by atoms with van der Waals surface area (Å²) in [5.41, 5.74) is 6.33. The van der Waals surface area contributed by atoms with Crippen LogP contribution in [-0.4, -0.2) is 10.9 Å². The van der Waals surface area contributed by atoms with E-state index in [1.54, 1.807) is 6.20 Å². The molecule has 1 heterocycles. The number of nitrogens with two attached hydrogens (primary N) is 1. The molecule has 3 N–H and O–H groups in total. The summed E-state index contributed by atoms with van der Waals surface area (Å²) in [5, 5.41) is 2.99. The van der Waals surface area contributed by atoms with Crippen molar-refractivity contribution < 1.29 is 4.79 Å². The zero-order valence-corrected chi connectivity index (χ0v) is 12.5. The van der Waals surface area contributed by atoms with E-state index in [0.717, 1.165) is 37.7 Å². The number of carbonyl (C=O) groups excluding carboxylic acids is 1. The Hall–Kier alpha value is -1.42. The Morgan fingerprint density at radius 2 is 2.10 bits per heavy atom. The minimum atomic E-state index is -0.192. The van der Waals surface area contributed by atoms with E-state index in [2.05, 4.69) is 24.1 Å². The lowest BCUT2D eigenvalue weighted by atomic mass is 9.77. The number of rotatable bonds is 5. The third-order valence-corrected chi connectivity index (χ3v) is 4.14. The molecule has 0 atom stereocenters. The van der Waals surface area contributed by atoms with E-state index in [4.69, 9.17) is 5.73 Å². The first-order valence-corrected chi connectivity index (χ1v) is 7.52. The molecule has 4 nitrogen and oxygen atoms in total. The smallest absolute Gasteiger partial charge is 0.231 e. The maximum absolute atomic E-state index is 12.7. The number of amides is 1. The molecule has 0 saturated heterocycles. The minimum Gasteiger partial charge on any atom is -0.326 e. The van der Waals surface area contributed by atoms with Crippen LogP contribution in [0.3, 0.4) is 0 Å². The van der Waals surface area contributed by atoms with Crippen LogP contribution in [0.1, 0.15) is 51.5 Å². The Balaban J connectivity index is 2.08. The number of anilines is 1. The first kappa shape index (κ1) is 15.0. The van der Waals surface area contributed by atoms with Crippen LogP contribution in [0, 0.1) is 11.3 Å². The first-order valence-electron chi connectivity index (χ1n) is 7.52. The molecule has 1 aromatic heterocycles. The lowest BCUT2D eigenvalue weighted by Gasteiger charge is -2.29. The second-order valence-electron chi connectivity index (χ2n) is 6.30. The predicted molar refractivity (Wildman–Crippen MR) is 81.1 cm³/mol. The predicted octanol–water partition coefficient (Wildman–Crippen LogP) is 3.09. The number of nitrogens with zero attached hydrogens (tertiary/aromatic N) is 1. The molecular weight excluding hydrogens is 250 g/mol. The molecule has 0 bridgehead atoms. The maximum Gasteiger partial charge on any atom is 0.231 e. The van der Waals surface area contributed by atoms with Gasteiger partial charge in [-0.1, -0.05) is 32.8 Å². The van der Waals surface area contributed by atoms with Gasteiger partial charge in [0, 0.05) is 18.2 Å². The summed E-state index contributed by atoms with van der Waals surface area (Å²) in [6.45, 7) is 4.84. The van der Waals surface area contributed by atoms with Crippen LogP contribution in [0.2, 0.25) is 0 Å². The van der Waals surface area contributed by atoms with Gasteiger partial charge in [-0.25, -0.2) is 4.98 Å². The summed E-state index contributed by atoms with van der Waals surface area (Å²) in [4.78, 5) is 16.9. The summed E-state index contributed by atoms with van der Waals surface area (Å²) in [7, 11) is 0. The molecule has 0 radical (unpaired) electrons. The number of hydrogen-bond donors (Lipinski definition) is 2. The molecule has 1 aliphatic rings. The molecule has 0 unspecified atom stereocenters. The van der Waals surface area contributed by atoms with Gasteiger partial charge < -0.3 is 11.1 Å². The maximum atomic E-state index is 12.7. The molecule has 2 rings (SSSR count). The van der Waals surface area contributed by atoms with Gasteiger partial charge in [-0.2, -0.15) is 0 Å². The molecule has 0 aliphatic heterocycles. The summed E-state index contributed by atoms with van der Waals surface area (Å²) >= 11 is 0. The molecule has 1 aliphatic carbocycles. The normalized spacial score (nSPS) is 17.4. The third-order valence-electron chi connectivity index (χ3n) is 4.14.